The second-order valence-electron chi connectivity index (χ2n) is 6.22. The molecule has 0 aromatic heterocycles. The second kappa shape index (κ2) is 10.4. The zero-order valence-corrected chi connectivity index (χ0v) is 15.0. The molecular formula is C21H28N2O2. The van der Waals surface area contributed by atoms with Gasteiger partial charge < -0.3 is 15.8 Å². The highest BCUT2D eigenvalue weighted by Crippen LogP contribution is 2.17. The van der Waals surface area contributed by atoms with Crippen molar-refractivity contribution in [2.45, 2.75) is 45.4 Å². The van der Waals surface area contributed by atoms with Gasteiger partial charge in [0.25, 0.3) is 0 Å². The van der Waals surface area contributed by atoms with Crippen molar-refractivity contribution in [1.82, 2.24) is 0 Å². The van der Waals surface area contributed by atoms with Gasteiger partial charge in [0.15, 0.2) is 0 Å². The van der Waals surface area contributed by atoms with Gasteiger partial charge in [-0.1, -0.05) is 38.3 Å². The molecule has 0 atom stereocenters. The van der Waals surface area contributed by atoms with E-state index in [2.05, 4.69) is 12.2 Å². The first kappa shape index (κ1) is 18.8. The van der Waals surface area contributed by atoms with Crippen LogP contribution in [-0.2, 0) is 11.2 Å². The number of nitrogens with two attached hydrogens (primary N) is 1. The lowest BCUT2D eigenvalue weighted by Gasteiger charge is -2.08. The molecule has 4 heteroatoms. The van der Waals surface area contributed by atoms with E-state index in [1.165, 1.54) is 19.3 Å². The SMILES string of the molecule is CCCCCCOc1ccc(NC(=O)CCc2ccc(N)cc2)cc1. The van der Waals surface area contributed by atoms with Crippen molar-refractivity contribution in [3.63, 3.8) is 0 Å². The van der Waals surface area contributed by atoms with E-state index < -0.39 is 0 Å². The third-order valence-electron chi connectivity index (χ3n) is 4.03. The summed E-state index contributed by atoms with van der Waals surface area (Å²) in [4.78, 5) is 12.0. The summed E-state index contributed by atoms with van der Waals surface area (Å²) in [6, 6.07) is 15.2. The van der Waals surface area contributed by atoms with Gasteiger partial charge in [0.1, 0.15) is 5.75 Å². The van der Waals surface area contributed by atoms with Crippen molar-refractivity contribution in [2.24, 2.45) is 0 Å². The highest BCUT2D eigenvalue weighted by molar-refractivity contribution is 5.90. The van der Waals surface area contributed by atoms with Crippen LogP contribution in [0.15, 0.2) is 48.5 Å². The monoisotopic (exact) mass is 340 g/mol. The molecule has 0 spiro atoms. The summed E-state index contributed by atoms with van der Waals surface area (Å²) in [5.41, 5.74) is 8.30. The molecule has 0 aliphatic heterocycles. The zero-order chi connectivity index (χ0) is 17.9. The number of rotatable bonds is 10. The summed E-state index contributed by atoms with van der Waals surface area (Å²) in [7, 11) is 0. The van der Waals surface area contributed by atoms with Crippen molar-refractivity contribution < 1.29 is 9.53 Å². The Morgan fingerprint density at radius 1 is 1.00 bits per heavy atom. The molecular weight excluding hydrogens is 312 g/mol. The molecule has 2 aromatic carbocycles. The first-order valence-electron chi connectivity index (χ1n) is 9.04. The van der Waals surface area contributed by atoms with Crippen LogP contribution in [-0.4, -0.2) is 12.5 Å². The molecule has 0 aliphatic rings. The van der Waals surface area contributed by atoms with Gasteiger partial charge in [0.05, 0.1) is 6.61 Å². The molecule has 1 amide bonds. The number of amides is 1. The number of anilines is 2. The average Bonchev–Trinajstić information content (AvgIpc) is 2.62. The van der Waals surface area contributed by atoms with Gasteiger partial charge in [-0.2, -0.15) is 0 Å². The molecule has 0 heterocycles. The molecule has 0 saturated heterocycles. The predicted octanol–water partition coefficient (Wildman–Crippen LogP) is 4.80. The molecule has 0 unspecified atom stereocenters. The number of carbonyl (C=O) groups excluding carboxylic acids is 1. The predicted molar refractivity (Wildman–Crippen MR) is 104 cm³/mol. The van der Waals surface area contributed by atoms with Gasteiger partial charge in [-0.25, -0.2) is 0 Å². The maximum Gasteiger partial charge on any atom is 0.224 e. The van der Waals surface area contributed by atoms with Crippen LogP contribution in [0.4, 0.5) is 11.4 Å². The highest BCUT2D eigenvalue weighted by Gasteiger charge is 2.04. The van der Waals surface area contributed by atoms with E-state index in [1.54, 1.807) is 0 Å². The van der Waals surface area contributed by atoms with E-state index in [9.17, 15) is 4.79 Å². The second-order valence-corrected chi connectivity index (χ2v) is 6.22. The molecule has 0 bridgehead atoms. The average molecular weight is 340 g/mol. The number of unbranched alkanes of at least 4 members (excludes halogenated alkanes) is 3. The van der Waals surface area contributed by atoms with Gasteiger partial charge in [-0.15, -0.1) is 0 Å². The Hall–Kier alpha value is -2.49. The number of ether oxygens (including phenoxy) is 1. The van der Waals surface area contributed by atoms with E-state index in [0.29, 0.717) is 12.8 Å². The lowest BCUT2D eigenvalue weighted by Crippen LogP contribution is -2.12. The lowest BCUT2D eigenvalue weighted by molar-refractivity contribution is -0.116. The molecule has 0 saturated carbocycles. The molecule has 0 radical (unpaired) electrons. The van der Waals surface area contributed by atoms with Crippen LogP contribution < -0.4 is 15.8 Å². The van der Waals surface area contributed by atoms with Crippen molar-refractivity contribution in [3.8, 4) is 5.75 Å². The van der Waals surface area contributed by atoms with Crippen molar-refractivity contribution in [3.05, 3.63) is 54.1 Å². The molecule has 4 nitrogen and oxygen atoms in total. The normalized spacial score (nSPS) is 10.4. The fourth-order valence-electron chi connectivity index (χ4n) is 2.52. The largest absolute Gasteiger partial charge is 0.494 e. The molecule has 134 valence electrons. The number of aryl methyl sites for hydroxylation is 1. The van der Waals surface area contributed by atoms with Crippen LogP contribution in [0.1, 0.15) is 44.6 Å². The lowest BCUT2D eigenvalue weighted by atomic mass is 10.1. The van der Waals surface area contributed by atoms with Gasteiger partial charge in [0, 0.05) is 17.8 Å². The maximum atomic E-state index is 12.0. The summed E-state index contributed by atoms with van der Waals surface area (Å²) < 4.78 is 5.70. The van der Waals surface area contributed by atoms with Gasteiger partial charge in [-0.3, -0.25) is 4.79 Å². The quantitative estimate of drug-likeness (QED) is 0.482. The summed E-state index contributed by atoms with van der Waals surface area (Å²) in [5, 5.41) is 2.92. The molecule has 0 fully saturated rings. The van der Waals surface area contributed by atoms with Crippen LogP contribution in [0.3, 0.4) is 0 Å². The Morgan fingerprint density at radius 2 is 1.72 bits per heavy atom. The fraction of sp³-hybridized carbons (Fsp3) is 0.381. The van der Waals surface area contributed by atoms with Crippen LogP contribution in [0.2, 0.25) is 0 Å². The minimum Gasteiger partial charge on any atom is -0.494 e. The van der Waals surface area contributed by atoms with Gasteiger partial charge >= 0.3 is 0 Å². The van der Waals surface area contributed by atoms with Crippen molar-refractivity contribution >= 4 is 17.3 Å². The third-order valence-corrected chi connectivity index (χ3v) is 4.03. The van der Waals surface area contributed by atoms with E-state index in [4.69, 9.17) is 10.5 Å². The molecule has 2 rings (SSSR count). The van der Waals surface area contributed by atoms with E-state index in [-0.39, 0.29) is 5.91 Å². The number of carbonyl (C=O) groups is 1. The van der Waals surface area contributed by atoms with Crippen LogP contribution in [0, 0.1) is 0 Å². The minimum absolute atomic E-state index is 0.00468. The minimum atomic E-state index is 0.00468. The topological polar surface area (TPSA) is 64.3 Å². The van der Waals surface area contributed by atoms with E-state index in [0.717, 1.165) is 35.7 Å². The first-order valence-corrected chi connectivity index (χ1v) is 9.04. The summed E-state index contributed by atoms with van der Waals surface area (Å²) in [6.45, 7) is 2.94. The van der Waals surface area contributed by atoms with Crippen LogP contribution in [0.5, 0.6) is 5.75 Å². The first-order chi connectivity index (χ1) is 12.2. The Labute approximate surface area is 150 Å². The Bertz CT molecular complexity index is 636. The third kappa shape index (κ3) is 7.29. The molecule has 0 aliphatic carbocycles. The summed E-state index contributed by atoms with van der Waals surface area (Å²) in [5.74, 6) is 0.849. The number of hydrogen-bond donors (Lipinski definition) is 2. The Morgan fingerprint density at radius 3 is 2.40 bits per heavy atom. The highest BCUT2D eigenvalue weighted by atomic mass is 16.5. The number of nitrogen functional groups attached to an aromatic ring is 1. The Balaban J connectivity index is 1.70. The van der Waals surface area contributed by atoms with Crippen molar-refractivity contribution in [1.29, 1.82) is 0 Å². The van der Waals surface area contributed by atoms with Gasteiger partial charge in [-0.05, 0) is 54.8 Å². The standard InChI is InChI=1S/C21H28N2O2/c1-2-3-4-5-16-25-20-13-11-19(12-14-20)23-21(24)15-8-17-6-9-18(22)10-7-17/h6-7,9-14H,2-5,8,15-16,22H2,1H3,(H,23,24). The molecule has 3 N–H and O–H groups in total. The number of benzene rings is 2. The number of hydrogen-bond acceptors (Lipinski definition) is 3. The maximum absolute atomic E-state index is 12.0. The molecule has 2 aromatic rings. The number of nitrogens with one attached hydrogen (secondary N) is 1. The molecule has 25 heavy (non-hydrogen) atoms. The summed E-state index contributed by atoms with van der Waals surface area (Å²) in [6.07, 6.45) is 5.91. The smallest absolute Gasteiger partial charge is 0.224 e. The fourth-order valence-corrected chi connectivity index (χ4v) is 2.52. The summed E-state index contributed by atoms with van der Waals surface area (Å²) >= 11 is 0. The van der Waals surface area contributed by atoms with Crippen molar-refractivity contribution in [2.75, 3.05) is 17.7 Å². The van der Waals surface area contributed by atoms with Crippen LogP contribution >= 0.6 is 0 Å². The van der Waals surface area contributed by atoms with E-state index >= 15 is 0 Å². The Kier molecular flexibility index (Phi) is 7.83. The van der Waals surface area contributed by atoms with E-state index in [1.807, 2.05) is 48.5 Å². The van der Waals surface area contributed by atoms with Crippen LogP contribution in [0.25, 0.3) is 0 Å². The van der Waals surface area contributed by atoms with Gasteiger partial charge in [0.2, 0.25) is 5.91 Å². The zero-order valence-electron chi connectivity index (χ0n) is 15.0.